The molecule has 1 unspecified atom stereocenters. The van der Waals surface area contributed by atoms with Gasteiger partial charge in [0.25, 0.3) is 0 Å². The van der Waals surface area contributed by atoms with Gasteiger partial charge in [-0.05, 0) is 38.0 Å². The van der Waals surface area contributed by atoms with Crippen LogP contribution >= 0.6 is 0 Å². The predicted molar refractivity (Wildman–Crippen MR) is 64.3 cm³/mol. The van der Waals surface area contributed by atoms with Crippen molar-refractivity contribution in [1.82, 2.24) is 0 Å². The normalized spacial score (nSPS) is 24.9. The Morgan fingerprint density at radius 3 is 3.07 bits per heavy atom. The molecule has 0 radical (unpaired) electrons. The van der Waals surface area contributed by atoms with E-state index in [1.54, 1.807) is 5.57 Å². The molecule has 0 nitrogen and oxygen atoms in total. The third-order valence-electron chi connectivity index (χ3n) is 2.93. The van der Waals surface area contributed by atoms with Crippen LogP contribution in [-0.2, 0) is 0 Å². The van der Waals surface area contributed by atoms with Crippen LogP contribution in [-0.4, -0.2) is 0 Å². The van der Waals surface area contributed by atoms with Crippen LogP contribution in [0.25, 0.3) is 0 Å². The first-order valence-electron chi connectivity index (χ1n) is 5.85. The summed E-state index contributed by atoms with van der Waals surface area (Å²) in [6.45, 7) is 5.94. The molecule has 0 aliphatic heterocycles. The highest BCUT2D eigenvalue weighted by Crippen LogP contribution is 2.34. The van der Waals surface area contributed by atoms with Gasteiger partial charge in [0.15, 0.2) is 0 Å². The third-order valence-corrected chi connectivity index (χ3v) is 2.93. The maximum atomic E-state index is 3.69. The number of rotatable bonds is 5. The topological polar surface area (TPSA) is 0 Å². The Kier molecular flexibility index (Phi) is 5.36. The Morgan fingerprint density at radius 2 is 2.36 bits per heavy atom. The van der Waals surface area contributed by atoms with Crippen LogP contribution in [0.15, 0.2) is 36.5 Å². The zero-order valence-electron chi connectivity index (χ0n) is 9.34. The molecule has 1 aliphatic rings. The molecule has 0 heterocycles. The SMILES string of the molecule is C=CC=CCC1CCCC1=CCCC. The highest BCUT2D eigenvalue weighted by molar-refractivity contribution is 5.13. The number of hydrogen-bond donors (Lipinski definition) is 0. The molecule has 0 aromatic carbocycles. The second-order valence-corrected chi connectivity index (χ2v) is 4.06. The fourth-order valence-corrected chi connectivity index (χ4v) is 2.15. The van der Waals surface area contributed by atoms with Gasteiger partial charge in [-0.3, -0.25) is 0 Å². The molecule has 1 fully saturated rings. The molecule has 14 heavy (non-hydrogen) atoms. The first-order valence-corrected chi connectivity index (χ1v) is 5.85. The Balaban J connectivity index is 2.42. The van der Waals surface area contributed by atoms with Crippen molar-refractivity contribution in [1.29, 1.82) is 0 Å². The van der Waals surface area contributed by atoms with E-state index < -0.39 is 0 Å². The molecule has 1 saturated carbocycles. The smallest absolute Gasteiger partial charge is 0.0168 e. The summed E-state index contributed by atoms with van der Waals surface area (Å²) in [5.74, 6) is 0.831. The molecule has 0 heteroatoms. The lowest BCUT2D eigenvalue weighted by molar-refractivity contribution is 0.635. The summed E-state index contributed by atoms with van der Waals surface area (Å²) in [4.78, 5) is 0. The zero-order valence-corrected chi connectivity index (χ0v) is 9.34. The lowest BCUT2D eigenvalue weighted by Gasteiger charge is -2.08. The average Bonchev–Trinajstić information content (AvgIpc) is 2.63. The van der Waals surface area contributed by atoms with E-state index in [9.17, 15) is 0 Å². The number of unbranched alkanes of at least 4 members (excludes halogenated alkanes) is 1. The maximum absolute atomic E-state index is 3.69. The van der Waals surface area contributed by atoms with E-state index in [0.29, 0.717) is 0 Å². The molecule has 78 valence electrons. The van der Waals surface area contributed by atoms with Gasteiger partial charge in [-0.1, -0.05) is 49.8 Å². The van der Waals surface area contributed by atoms with Crippen molar-refractivity contribution in [3.63, 3.8) is 0 Å². The van der Waals surface area contributed by atoms with Gasteiger partial charge < -0.3 is 0 Å². The van der Waals surface area contributed by atoms with Crippen molar-refractivity contribution in [3.05, 3.63) is 36.5 Å². The third kappa shape index (κ3) is 3.53. The monoisotopic (exact) mass is 190 g/mol. The highest BCUT2D eigenvalue weighted by Gasteiger charge is 2.18. The second kappa shape index (κ2) is 6.64. The van der Waals surface area contributed by atoms with E-state index in [-0.39, 0.29) is 0 Å². The number of allylic oxidation sites excluding steroid dienone is 5. The maximum Gasteiger partial charge on any atom is -0.0168 e. The first kappa shape index (κ1) is 11.3. The van der Waals surface area contributed by atoms with Crippen LogP contribution in [0.4, 0.5) is 0 Å². The van der Waals surface area contributed by atoms with Crippen LogP contribution in [0.3, 0.4) is 0 Å². The van der Waals surface area contributed by atoms with Gasteiger partial charge in [0.2, 0.25) is 0 Å². The average molecular weight is 190 g/mol. The van der Waals surface area contributed by atoms with Crippen LogP contribution < -0.4 is 0 Å². The lowest BCUT2D eigenvalue weighted by atomic mass is 9.97. The van der Waals surface area contributed by atoms with Crippen molar-refractivity contribution in [3.8, 4) is 0 Å². The molecule has 0 saturated heterocycles. The molecule has 0 aromatic heterocycles. The highest BCUT2D eigenvalue weighted by atomic mass is 14.2. The molecule has 1 rings (SSSR count). The lowest BCUT2D eigenvalue weighted by Crippen LogP contribution is -1.94. The summed E-state index contributed by atoms with van der Waals surface area (Å²) in [7, 11) is 0. The fourth-order valence-electron chi connectivity index (χ4n) is 2.15. The van der Waals surface area contributed by atoms with Crippen molar-refractivity contribution < 1.29 is 0 Å². The van der Waals surface area contributed by atoms with Crippen molar-refractivity contribution >= 4 is 0 Å². The van der Waals surface area contributed by atoms with E-state index in [0.717, 1.165) is 5.92 Å². The Hall–Kier alpha value is -0.780. The molecule has 0 spiro atoms. The molecular formula is C14H22. The standard InChI is InChI=1S/C14H22/c1-3-5-7-10-14-12-8-11-13(14)9-6-4-2/h3,5,7,9,14H,1,4,6,8,10-12H2,2H3. The van der Waals surface area contributed by atoms with Gasteiger partial charge >= 0.3 is 0 Å². The van der Waals surface area contributed by atoms with Crippen molar-refractivity contribution in [2.24, 2.45) is 5.92 Å². The Bertz CT molecular complexity index is 220. The number of hydrogen-bond acceptors (Lipinski definition) is 0. The van der Waals surface area contributed by atoms with Gasteiger partial charge in [-0.2, -0.15) is 0 Å². The molecular weight excluding hydrogens is 168 g/mol. The van der Waals surface area contributed by atoms with Crippen molar-refractivity contribution in [2.75, 3.05) is 0 Å². The molecule has 0 N–H and O–H groups in total. The molecule has 0 bridgehead atoms. The fraction of sp³-hybridized carbons (Fsp3) is 0.571. The van der Waals surface area contributed by atoms with E-state index in [1.807, 2.05) is 6.08 Å². The van der Waals surface area contributed by atoms with E-state index in [4.69, 9.17) is 0 Å². The van der Waals surface area contributed by atoms with E-state index in [1.165, 1.54) is 38.5 Å². The van der Waals surface area contributed by atoms with Crippen LogP contribution in [0.2, 0.25) is 0 Å². The summed E-state index contributed by atoms with van der Waals surface area (Å²) in [6.07, 6.45) is 16.5. The molecule has 1 aliphatic carbocycles. The molecule has 0 amide bonds. The molecule has 0 aromatic rings. The minimum Gasteiger partial charge on any atom is -0.0991 e. The van der Waals surface area contributed by atoms with Gasteiger partial charge in [-0.15, -0.1) is 0 Å². The summed E-state index contributed by atoms with van der Waals surface area (Å²) in [6, 6.07) is 0. The van der Waals surface area contributed by atoms with Gasteiger partial charge in [0.05, 0.1) is 0 Å². The van der Waals surface area contributed by atoms with Crippen LogP contribution in [0, 0.1) is 5.92 Å². The molecule has 1 atom stereocenters. The zero-order chi connectivity index (χ0) is 10.2. The predicted octanol–water partition coefficient (Wildman–Crippen LogP) is 4.65. The van der Waals surface area contributed by atoms with Crippen molar-refractivity contribution in [2.45, 2.75) is 45.4 Å². The van der Waals surface area contributed by atoms with E-state index in [2.05, 4.69) is 31.7 Å². The Labute approximate surface area is 88.4 Å². The Morgan fingerprint density at radius 1 is 1.50 bits per heavy atom. The van der Waals surface area contributed by atoms with Crippen LogP contribution in [0.1, 0.15) is 45.4 Å². The minimum absolute atomic E-state index is 0.831. The largest absolute Gasteiger partial charge is 0.0991 e. The summed E-state index contributed by atoms with van der Waals surface area (Å²) in [5.41, 5.74) is 1.71. The van der Waals surface area contributed by atoms with Gasteiger partial charge in [-0.25, -0.2) is 0 Å². The van der Waals surface area contributed by atoms with Gasteiger partial charge in [0, 0.05) is 0 Å². The van der Waals surface area contributed by atoms with E-state index >= 15 is 0 Å². The quantitative estimate of drug-likeness (QED) is 0.437. The summed E-state index contributed by atoms with van der Waals surface area (Å²) >= 11 is 0. The summed E-state index contributed by atoms with van der Waals surface area (Å²) in [5, 5.41) is 0. The first-order chi connectivity index (χ1) is 6.88. The van der Waals surface area contributed by atoms with Crippen LogP contribution in [0.5, 0.6) is 0 Å². The second-order valence-electron chi connectivity index (χ2n) is 4.06. The van der Waals surface area contributed by atoms with Gasteiger partial charge in [0.1, 0.15) is 0 Å². The summed E-state index contributed by atoms with van der Waals surface area (Å²) < 4.78 is 0. The minimum atomic E-state index is 0.831.